The highest BCUT2D eigenvalue weighted by Gasteiger charge is 2.34. The van der Waals surface area contributed by atoms with Crippen LogP contribution in [-0.4, -0.2) is 35.2 Å². The number of primary amides is 2. The number of aliphatic hydroxyl groups is 2. The second-order valence-corrected chi connectivity index (χ2v) is 4.69. The van der Waals surface area contributed by atoms with Crippen LogP contribution in [0.25, 0.3) is 0 Å². The molecule has 0 unspecified atom stereocenters. The molecule has 6 N–H and O–H groups in total. The van der Waals surface area contributed by atoms with Gasteiger partial charge in [-0.25, -0.2) is 0 Å². The molecule has 0 fully saturated rings. The zero-order valence-electron chi connectivity index (χ0n) is 10.7. The van der Waals surface area contributed by atoms with Crippen LogP contribution in [0.5, 0.6) is 0 Å². The first-order valence-electron chi connectivity index (χ1n) is 6.28. The Balaban J connectivity index is 3.75. The summed E-state index contributed by atoms with van der Waals surface area (Å²) < 4.78 is 0. The number of unbranched alkanes of at least 4 members (excludes halogenated alkanes) is 4. The Bertz CT molecular complexity index is 265. The highest BCUT2D eigenvalue weighted by molar-refractivity contribution is 5.81. The topological polar surface area (TPSA) is 127 Å². The maximum absolute atomic E-state index is 11.2. The van der Waals surface area contributed by atoms with E-state index in [2.05, 4.69) is 0 Å². The number of hydrogen-bond donors (Lipinski definition) is 4. The average Bonchev–Trinajstić information content (AvgIpc) is 2.32. The summed E-state index contributed by atoms with van der Waals surface area (Å²) in [5.41, 5.74) is 8.99. The van der Waals surface area contributed by atoms with Crippen molar-refractivity contribution >= 4 is 11.8 Å². The van der Waals surface area contributed by atoms with E-state index in [0.29, 0.717) is 19.3 Å². The minimum atomic E-state index is -1.20. The minimum Gasteiger partial charge on any atom is -0.395 e. The van der Waals surface area contributed by atoms with Gasteiger partial charge in [-0.15, -0.1) is 0 Å². The first-order valence-corrected chi connectivity index (χ1v) is 6.28. The number of carbonyl (C=O) groups excluding carboxylic acids is 2. The molecule has 0 heterocycles. The van der Waals surface area contributed by atoms with Crippen LogP contribution in [0.15, 0.2) is 0 Å². The lowest BCUT2D eigenvalue weighted by Crippen LogP contribution is -2.43. The second kappa shape index (κ2) is 8.88. The Morgan fingerprint density at radius 2 is 1.39 bits per heavy atom. The lowest BCUT2D eigenvalue weighted by molar-refractivity contribution is -0.133. The molecule has 6 nitrogen and oxygen atoms in total. The van der Waals surface area contributed by atoms with E-state index in [-0.39, 0.29) is 5.91 Å². The molecule has 2 amide bonds. The minimum absolute atomic E-state index is 0.289. The first kappa shape index (κ1) is 16.9. The van der Waals surface area contributed by atoms with Crippen molar-refractivity contribution in [1.82, 2.24) is 0 Å². The number of aliphatic hydroxyl groups excluding tert-OH is 2. The monoisotopic (exact) mass is 260 g/mol. The number of hydrogen-bond acceptors (Lipinski definition) is 4. The van der Waals surface area contributed by atoms with Crippen LogP contribution in [0.2, 0.25) is 0 Å². The van der Waals surface area contributed by atoms with E-state index in [0.717, 1.165) is 25.7 Å². The molecule has 0 aliphatic rings. The van der Waals surface area contributed by atoms with Crippen LogP contribution in [0, 0.1) is 5.41 Å². The van der Waals surface area contributed by atoms with Gasteiger partial charge >= 0.3 is 0 Å². The largest absolute Gasteiger partial charge is 0.395 e. The Morgan fingerprint density at radius 3 is 1.83 bits per heavy atom. The summed E-state index contributed by atoms with van der Waals surface area (Å²) in [5, 5.41) is 18.3. The highest BCUT2D eigenvalue weighted by atomic mass is 16.3. The van der Waals surface area contributed by atoms with Gasteiger partial charge in [0.1, 0.15) is 0 Å². The Kier molecular flexibility index (Phi) is 8.32. The molecule has 0 rings (SSSR count). The maximum atomic E-state index is 11.2. The molecule has 18 heavy (non-hydrogen) atoms. The van der Waals surface area contributed by atoms with Crippen LogP contribution < -0.4 is 11.5 Å². The van der Waals surface area contributed by atoms with Crippen molar-refractivity contribution in [3.8, 4) is 0 Å². The van der Waals surface area contributed by atoms with Crippen molar-refractivity contribution in [3.05, 3.63) is 0 Å². The van der Waals surface area contributed by atoms with Crippen LogP contribution in [0.1, 0.15) is 44.9 Å². The van der Waals surface area contributed by atoms with Gasteiger partial charge in [0.25, 0.3) is 0 Å². The van der Waals surface area contributed by atoms with Crippen LogP contribution in [0.4, 0.5) is 0 Å². The third-order valence-corrected chi connectivity index (χ3v) is 3.21. The summed E-state index contributed by atoms with van der Waals surface area (Å²) in [5.74, 6) is -0.954. The Hall–Kier alpha value is -1.14. The van der Waals surface area contributed by atoms with Crippen molar-refractivity contribution in [1.29, 1.82) is 0 Å². The van der Waals surface area contributed by atoms with Gasteiger partial charge in [-0.1, -0.05) is 25.7 Å². The van der Waals surface area contributed by atoms with Crippen LogP contribution >= 0.6 is 0 Å². The second-order valence-electron chi connectivity index (χ2n) is 4.69. The molecule has 0 saturated carbocycles. The summed E-state index contributed by atoms with van der Waals surface area (Å²) in [4.78, 5) is 21.7. The van der Waals surface area contributed by atoms with Crippen molar-refractivity contribution in [3.63, 3.8) is 0 Å². The molecular weight excluding hydrogens is 236 g/mol. The molecule has 6 heteroatoms. The lowest BCUT2D eigenvalue weighted by Gasteiger charge is -2.25. The number of carbonyl (C=O) groups is 2. The Labute approximate surface area is 107 Å². The number of rotatable bonds is 11. The summed E-state index contributed by atoms with van der Waals surface area (Å²) >= 11 is 0. The molecule has 0 saturated heterocycles. The van der Waals surface area contributed by atoms with Crippen molar-refractivity contribution in [2.45, 2.75) is 44.9 Å². The third kappa shape index (κ3) is 5.97. The first-order chi connectivity index (χ1) is 8.48. The predicted molar refractivity (Wildman–Crippen MR) is 67.3 cm³/mol. The molecule has 0 aromatic heterocycles. The molecule has 0 atom stereocenters. The molecule has 0 radical (unpaired) electrons. The molecule has 0 aliphatic carbocycles. The van der Waals surface area contributed by atoms with Crippen molar-refractivity contribution in [2.24, 2.45) is 16.9 Å². The Morgan fingerprint density at radius 1 is 0.889 bits per heavy atom. The van der Waals surface area contributed by atoms with Gasteiger partial charge in [0.2, 0.25) is 11.8 Å². The van der Waals surface area contributed by atoms with Gasteiger partial charge in [0.15, 0.2) is 0 Å². The van der Waals surface area contributed by atoms with E-state index >= 15 is 0 Å². The molecule has 0 spiro atoms. The fourth-order valence-electron chi connectivity index (χ4n) is 1.78. The van der Waals surface area contributed by atoms with Crippen molar-refractivity contribution < 1.29 is 19.8 Å². The fourth-order valence-corrected chi connectivity index (χ4v) is 1.78. The highest BCUT2D eigenvalue weighted by Crippen LogP contribution is 2.24. The maximum Gasteiger partial charge on any atom is 0.228 e. The van der Waals surface area contributed by atoms with E-state index < -0.39 is 24.5 Å². The third-order valence-electron chi connectivity index (χ3n) is 3.21. The smallest absolute Gasteiger partial charge is 0.228 e. The summed E-state index contributed by atoms with van der Waals surface area (Å²) in [6.45, 7) is -0.860. The summed E-state index contributed by atoms with van der Waals surface area (Å²) in [6, 6.07) is 0. The zero-order valence-corrected chi connectivity index (χ0v) is 10.7. The molecule has 0 bridgehead atoms. The quantitative estimate of drug-likeness (QED) is 0.379. The number of nitrogens with two attached hydrogens (primary N) is 2. The van der Waals surface area contributed by atoms with Crippen LogP contribution in [0.3, 0.4) is 0 Å². The molecular formula is C12H24N2O4. The average molecular weight is 260 g/mol. The van der Waals surface area contributed by atoms with Gasteiger partial charge in [-0.3, -0.25) is 9.59 Å². The van der Waals surface area contributed by atoms with E-state index in [1.165, 1.54) is 0 Å². The van der Waals surface area contributed by atoms with Crippen molar-refractivity contribution in [2.75, 3.05) is 13.2 Å². The summed E-state index contributed by atoms with van der Waals surface area (Å²) in [7, 11) is 0. The van der Waals surface area contributed by atoms with E-state index in [1.807, 2.05) is 0 Å². The van der Waals surface area contributed by atoms with Gasteiger partial charge in [-0.2, -0.15) is 0 Å². The predicted octanol–water partition coefficient (Wildman–Crippen LogP) is -0.341. The van der Waals surface area contributed by atoms with Gasteiger partial charge in [0.05, 0.1) is 18.6 Å². The van der Waals surface area contributed by atoms with E-state index in [9.17, 15) is 9.59 Å². The van der Waals surface area contributed by atoms with Crippen LogP contribution in [-0.2, 0) is 9.59 Å². The standard InChI is InChI=1S/C12H24N2O4/c13-10(17)6-4-2-1-3-5-7-12(8-15,9-16)11(14)18/h15-16H,1-9H2,(H2,13,17)(H2,14,18). The van der Waals surface area contributed by atoms with E-state index in [1.54, 1.807) is 0 Å². The molecule has 0 aliphatic heterocycles. The van der Waals surface area contributed by atoms with E-state index in [4.69, 9.17) is 21.7 Å². The molecule has 0 aromatic carbocycles. The lowest BCUT2D eigenvalue weighted by atomic mass is 9.83. The molecule has 0 aromatic rings. The fraction of sp³-hybridized carbons (Fsp3) is 0.833. The normalized spacial score (nSPS) is 11.4. The number of amides is 2. The molecule has 106 valence electrons. The van der Waals surface area contributed by atoms with Gasteiger partial charge in [0, 0.05) is 6.42 Å². The summed E-state index contributed by atoms with van der Waals surface area (Å²) in [6.07, 6.45) is 4.97. The zero-order chi connectivity index (χ0) is 14.0. The van der Waals surface area contributed by atoms with Gasteiger partial charge < -0.3 is 21.7 Å². The SMILES string of the molecule is NC(=O)CCCCCCCC(CO)(CO)C(N)=O. The van der Waals surface area contributed by atoms with Gasteiger partial charge in [-0.05, 0) is 12.8 Å².